The number of thioether (sulfide) groups is 1. The fourth-order valence-electron chi connectivity index (χ4n) is 4.34. The Bertz CT molecular complexity index is 1040. The molecule has 3 amide bonds. The maximum atomic E-state index is 12.8. The highest BCUT2D eigenvalue weighted by molar-refractivity contribution is 7.99. The first-order valence-corrected chi connectivity index (χ1v) is 12.9. The number of nitrogens with one attached hydrogen (secondary N) is 2. The summed E-state index contributed by atoms with van der Waals surface area (Å²) in [5.74, 6) is 2.07. The van der Waals surface area contributed by atoms with Crippen molar-refractivity contribution in [2.45, 2.75) is 19.8 Å². The lowest BCUT2D eigenvalue weighted by molar-refractivity contribution is -0.123. The van der Waals surface area contributed by atoms with Gasteiger partial charge in [-0.15, -0.1) is 0 Å². The lowest BCUT2D eigenvalue weighted by atomic mass is 9.97. The molecular formula is C25H31N5O3S. The van der Waals surface area contributed by atoms with Gasteiger partial charge < -0.3 is 15.5 Å². The Labute approximate surface area is 204 Å². The van der Waals surface area contributed by atoms with E-state index < -0.39 is 0 Å². The van der Waals surface area contributed by atoms with Crippen molar-refractivity contribution in [2.75, 3.05) is 54.9 Å². The molecule has 1 aromatic carbocycles. The molecule has 9 heteroatoms. The van der Waals surface area contributed by atoms with E-state index in [1.807, 2.05) is 40.6 Å². The van der Waals surface area contributed by atoms with Gasteiger partial charge in [-0.05, 0) is 56.6 Å². The summed E-state index contributed by atoms with van der Waals surface area (Å²) in [5, 5.41) is 5.81. The molecule has 8 nitrogen and oxygen atoms in total. The molecule has 4 rings (SSSR count). The molecule has 2 N–H and O–H groups in total. The number of aromatic nitrogens is 1. The Hall–Kier alpha value is -2.91. The van der Waals surface area contributed by atoms with E-state index in [0.717, 1.165) is 49.7 Å². The second-order valence-corrected chi connectivity index (χ2v) is 9.99. The van der Waals surface area contributed by atoms with E-state index in [-0.39, 0.29) is 30.2 Å². The van der Waals surface area contributed by atoms with Crippen molar-refractivity contribution in [3.63, 3.8) is 0 Å². The van der Waals surface area contributed by atoms with Gasteiger partial charge in [-0.25, -0.2) is 4.98 Å². The number of rotatable bonds is 6. The lowest BCUT2D eigenvalue weighted by Crippen LogP contribution is -2.44. The van der Waals surface area contributed by atoms with Crippen LogP contribution in [0.4, 0.5) is 11.5 Å². The quantitative estimate of drug-likeness (QED) is 0.659. The zero-order chi connectivity index (χ0) is 23.9. The van der Waals surface area contributed by atoms with Crippen molar-refractivity contribution in [3.05, 3.63) is 53.7 Å². The summed E-state index contributed by atoms with van der Waals surface area (Å²) >= 11 is 1.86. The van der Waals surface area contributed by atoms with Crippen LogP contribution >= 0.6 is 11.8 Å². The van der Waals surface area contributed by atoms with Crippen molar-refractivity contribution in [3.8, 4) is 0 Å². The van der Waals surface area contributed by atoms with Crippen LogP contribution in [-0.4, -0.2) is 76.7 Å². The first kappa shape index (κ1) is 24.2. The Balaban J connectivity index is 1.29. The molecule has 0 bridgehead atoms. The van der Waals surface area contributed by atoms with Gasteiger partial charge in [0, 0.05) is 48.1 Å². The molecule has 0 radical (unpaired) electrons. The predicted octanol–water partition coefficient (Wildman–Crippen LogP) is 2.87. The number of benzene rings is 1. The SMILES string of the molecule is Cc1cccc(NC(=O)C2CCCN(CC(=O)Nc3cccc(C(=O)N4CCSCC4)c3)C2)n1. The summed E-state index contributed by atoms with van der Waals surface area (Å²) in [6.07, 6.45) is 1.64. The molecule has 1 atom stereocenters. The fraction of sp³-hybridized carbons (Fsp3) is 0.440. The van der Waals surface area contributed by atoms with Crippen LogP contribution in [-0.2, 0) is 9.59 Å². The maximum Gasteiger partial charge on any atom is 0.253 e. The summed E-state index contributed by atoms with van der Waals surface area (Å²) in [7, 11) is 0. The van der Waals surface area contributed by atoms with E-state index in [1.165, 1.54) is 0 Å². The predicted molar refractivity (Wildman–Crippen MR) is 135 cm³/mol. The molecular weight excluding hydrogens is 450 g/mol. The zero-order valence-corrected chi connectivity index (χ0v) is 20.3. The Morgan fingerprint density at radius 1 is 1.06 bits per heavy atom. The normalized spacial score (nSPS) is 18.9. The van der Waals surface area contributed by atoms with Crippen molar-refractivity contribution in [1.82, 2.24) is 14.8 Å². The third-order valence-electron chi connectivity index (χ3n) is 6.07. The summed E-state index contributed by atoms with van der Waals surface area (Å²) in [4.78, 5) is 46.4. The molecule has 2 aliphatic rings. The van der Waals surface area contributed by atoms with Gasteiger partial charge in [0.05, 0.1) is 12.5 Å². The molecule has 0 saturated carbocycles. The molecule has 3 heterocycles. The number of pyridine rings is 1. The van der Waals surface area contributed by atoms with Crippen LogP contribution in [0.15, 0.2) is 42.5 Å². The molecule has 180 valence electrons. The standard InChI is InChI=1S/C25H31N5O3S/c1-18-5-2-9-22(26-18)28-24(32)20-7-4-10-29(16-20)17-23(31)27-21-8-3-6-19(15-21)25(33)30-11-13-34-14-12-30/h2-3,5-6,8-9,15,20H,4,7,10-14,16-17H2,1H3,(H,27,31)(H,26,28,32). The Morgan fingerprint density at radius 2 is 1.85 bits per heavy atom. The van der Waals surface area contributed by atoms with Crippen LogP contribution in [0.3, 0.4) is 0 Å². The number of hydrogen-bond donors (Lipinski definition) is 2. The molecule has 2 saturated heterocycles. The molecule has 2 aromatic rings. The average molecular weight is 482 g/mol. The smallest absolute Gasteiger partial charge is 0.253 e. The lowest BCUT2D eigenvalue weighted by Gasteiger charge is -2.31. The minimum absolute atomic E-state index is 0.00406. The highest BCUT2D eigenvalue weighted by Crippen LogP contribution is 2.20. The molecule has 0 spiro atoms. The van der Waals surface area contributed by atoms with Gasteiger partial charge in [0.2, 0.25) is 11.8 Å². The summed E-state index contributed by atoms with van der Waals surface area (Å²) in [5.41, 5.74) is 2.05. The number of piperidine rings is 1. The summed E-state index contributed by atoms with van der Waals surface area (Å²) < 4.78 is 0. The van der Waals surface area contributed by atoms with Crippen molar-refractivity contribution >= 4 is 41.0 Å². The number of amides is 3. The number of carbonyl (C=O) groups excluding carboxylic acids is 3. The highest BCUT2D eigenvalue weighted by atomic mass is 32.2. The Morgan fingerprint density at radius 3 is 2.65 bits per heavy atom. The van der Waals surface area contributed by atoms with Crippen molar-refractivity contribution in [2.24, 2.45) is 5.92 Å². The largest absolute Gasteiger partial charge is 0.337 e. The van der Waals surface area contributed by atoms with Gasteiger partial charge in [-0.3, -0.25) is 19.3 Å². The maximum absolute atomic E-state index is 12.8. The van der Waals surface area contributed by atoms with Gasteiger partial charge in [-0.1, -0.05) is 12.1 Å². The third-order valence-corrected chi connectivity index (χ3v) is 7.02. The number of hydrogen-bond acceptors (Lipinski definition) is 6. The molecule has 1 aromatic heterocycles. The van der Waals surface area contributed by atoms with Gasteiger partial charge in [0.1, 0.15) is 5.82 Å². The fourth-order valence-corrected chi connectivity index (χ4v) is 5.24. The van der Waals surface area contributed by atoms with Crippen LogP contribution in [0.5, 0.6) is 0 Å². The van der Waals surface area contributed by atoms with E-state index in [0.29, 0.717) is 23.6 Å². The topological polar surface area (TPSA) is 94.6 Å². The molecule has 2 aliphatic heterocycles. The van der Waals surface area contributed by atoms with Crippen LogP contribution in [0, 0.1) is 12.8 Å². The van der Waals surface area contributed by atoms with E-state index in [1.54, 1.807) is 30.3 Å². The van der Waals surface area contributed by atoms with Crippen molar-refractivity contribution in [1.29, 1.82) is 0 Å². The molecule has 34 heavy (non-hydrogen) atoms. The number of likely N-dealkylation sites (tertiary alicyclic amines) is 1. The van der Waals surface area contributed by atoms with Crippen molar-refractivity contribution < 1.29 is 14.4 Å². The second-order valence-electron chi connectivity index (χ2n) is 8.76. The summed E-state index contributed by atoms with van der Waals surface area (Å²) in [6, 6.07) is 12.6. The van der Waals surface area contributed by atoms with Crippen LogP contribution in [0.25, 0.3) is 0 Å². The average Bonchev–Trinajstić information content (AvgIpc) is 2.84. The Kier molecular flexibility index (Phi) is 8.18. The molecule has 2 fully saturated rings. The number of aryl methyl sites for hydroxylation is 1. The first-order chi connectivity index (χ1) is 16.5. The third kappa shape index (κ3) is 6.57. The zero-order valence-electron chi connectivity index (χ0n) is 19.5. The van der Waals surface area contributed by atoms with E-state index in [2.05, 4.69) is 15.6 Å². The number of carbonyl (C=O) groups is 3. The minimum atomic E-state index is -0.187. The van der Waals surface area contributed by atoms with Gasteiger partial charge >= 0.3 is 0 Å². The van der Waals surface area contributed by atoms with Crippen LogP contribution < -0.4 is 10.6 Å². The number of nitrogens with zero attached hydrogens (tertiary/aromatic N) is 3. The van der Waals surface area contributed by atoms with Gasteiger partial charge in [0.25, 0.3) is 5.91 Å². The van der Waals surface area contributed by atoms with Gasteiger partial charge in [-0.2, -0.15) is 11.8 Å². The summed E-state index contributed by atoms with van der Waals surface area (Å²) in [6.45, 7) is 4.89. The van der Waals surface area contributed by atoms with Crippen LogP contribution in [0.1, 0.15) is 28.9 Å². The minimum Gasteiger partial charge on any atom is -0.337 e. The number of anilines is 2. The molecule has 0 aliphatic carbocycles. The van der Waals surface area contributed by atoms with Crippen LogP contribution in [0.2, 0.25) is 0 Å². The van der Waals surface area contributed by atoms with Gasteiger partial charge in [0.15, 0.2) is 0 Å². The van der Waals surface area contributed by atoms with E-state index in [9.17, 15) is 14.4 Å². The first-order valence-electron chi connectivity index (χ1n) is 11.7. The van der Waals surface area contributed by atoms with E-state index >= 15 is 0 Å². The molecule has 1 unspecified atom stereocenters. The monoisotopic (exact) mass is 481 g/mol. The van der Waals surface area contributed by atoms with E-state index in [4.69, 9.17) is 0 Å². The highest BCUT2D eigenvalue weighted by Gasteiger charge is 2.27. The second kappa shape index (κ2) is 11.5.